The minimum absolute atomic E-state index is 0.0164. The number of hydrogen-bond donors (Lipinski definition) is 14. The Kier molecular flexibility index (Phi) is 51.1. The van der Waals surface area contributed by atoms with E-state index in [1.54, 1.807) is 14.0 Å². The van der Waals surface area contributed by atoms with Crippen molar-refractivity contribution in [2.24, 2.45) is 27.7 Å². The van der Waals surface area contributed by atoms with Crippen LogP contribution < -0.4 is 64.6 Å². The van der Waals surface area contributed by atoms with Crippen molar-refractivity contribution in [2.45, 2.75) is 180 Å². The molecule has 0 unspecified atom stereocenters. The van der Waals surface area contributed by atoms with Crippen LogP contribution in [0.15, 0.2) is 10.3 Å². The normalized spacial score (nSPS) is 12.6. The molecule has 0 rings (SSSR count). The van der Waals surface area contributed by atoms with Gasteiger partial charge in [-0.2, -0.15) is 0 Å². The van der Waals surface area contributed by atoms with Gasteiger partial charge < -0.3 is 88.7 Å². The van der Waals surface area contributed by atoms with E-state index in [9.17, 15) is 47.9 Å². The number of carbonyl (C=O) groups excluding carboxylic acids is 10. The highest BCUT2D eigenvalue weighted by Gasteiger charge is 2.24. The lowest BCUT2D eigenvalue weighted by Crippen LogP contribution is -2.55. The predicted octanol–water partition coefficient (Wildman–Crippen LogP) is -0.666. The zero-order chi connectivity index (χ0) is 66.4. The van der Waals surface area contributed by atoms with Crippen molar-refractivity contribution < 1.29 is 77.3 Å². The van der Waals surface area contributed by atoms with Crippen LogP contribution in [0.25, 0.3) is 0 Å². The second kappa shape index (κ2) is 53.7. The molecule has 0 saturated heterocycles. The van der Waals surface area contributed by atoms with E-state index in [2.05, 4.69) is 63.5 Å². The molecule has 508 valence electrons. The van der Waals surface area contributed by atoms with Crippen molar-refractivity contribution in [2.75, 3.05) is 112 Å². The molecule has 88 heavy (non-hydrogen) atoms. The van der Waals surface area contributed by atoms with Crippen LogP contribution in [0.5, 0.6) is 0 Å². The van der Waals surface area contributed by atoms with E-state index in [1.165, 1.54) is 19.4 Å². The number of Topliss-reactive ketones (excluding diaryl/α,β-unsaturated/α-hetero) is 2. The monoisotopic (exact) mass is 1260 g/mol. The Morgan fingerprint density at radius 1 is 0.534 bits per heavy atom. The van der Waals surface area contributed by atoms with Crippen molar-refractivity contribution in [3.8, 4) is 0 Å². The number of nitrogens with two attached hydrogens (primary N) is 2. The second-order valence-electron chi connectivity index (χ2n) is 22.1. The van der Waals surface area contributed by atoms with Gasteiger partial charge in [0.05, 0.1) is 87.8 Å². The minimum Gasteiger partial charge on any atom is -0.411 e. The number of nitrogens with one attached hydrogen (secondary N) is 10. The second-order valence-corrected chi connectivity index (χ2v) is 22.1. The first-order valence-corrected chi connectivity index (χ1v) is 30.7. The maximum absolute atomic E-state index is 13.0. The number of carbonyl (C=O) groups is 10. The van der Waals surface area contributed by atoms with Crippen molar-refractivity contribution in [1.82, 2.24) is 53.2 Å². The van der Waals surface area contributed by atoms with Crippen LogP contribution in [0.2, 0.25) is 0 Å². The summed E-state index contributed by atoms with van der Waals surface area (Å²) in [4.78, 5) is 120. The van der Waals surface area contributed by atoms with E-state index >= 15 is 0 Å². The van der Waals surface area contributed by atoms with Gasteiger partial charge in [-0.05, 0) is 100.0 Å². The van der Waals surface area contributed by atoms with Crippen LogP contribution in [-0.2, 0) is 66.9 Å². The molecule has 0 aliphatic carbocycles. The fourth-order valence-corrected chi connectivity index (χ4v) is 7.97. The van der Waals surface area contributed by atoms with E-state index in [-0.39, 0.29) is 170 Å². The van der Waals surface area contributed by atoms with Crippen molar-refractivity contribution >= 4 is 71.3 Å². The van der Waals surface area contributed by atoms with Gasteiger partial charge in [0.2, 0.25) is 47.3 Å². The van der Waals surface area contributed by atoms with Gasteiger partial charge in [-0.15, -0.1) is 10.3 Å². The molecule has 30 heteroatoms. The summed E-state index contributed by atoms with van der Waals surface area (Å²) >= 11 is 0. The first-order chi connectivity index (χ1) is 41.8. The Labute approximate surface area is 520 Å². The molecule has 0 radical (unpaired) electrons. The standard InChI is InChI=1S/C49H92N12O14.C9H18N2O2/c1-7-52-47(69)37(30-39(62)15-12-19-43(65)61-38(31-57-48(2,3)35-59-70)32-58-49(4,5)36-60-71)14-8-10-20-53-41(63)17-13-18-42(64)55-22-24-72-26-29-75-34-45(67)56-23-25-73-27-28-74-33-44(66)54-21-11-9-16-40(51-6)46(50)68;1-3-4-5-8(9(10)13)11-6-7(2)12/h35-38,40,51,57-58,70-71H,7-34H2,1-6H3,(H2,50,68)(H,52,69)(H,53,63)(H,54,66)(H,55,64)(H,56,67)(H,61,65);8,11H,3-6H2,1-2H3,(H2,10,13)/b59-35-,60-36-;/t37-,40+;8-/m10/s1. The quantitative estimate of drug-likeness (QED) is 0.0155. The highest BCUT2D eigenvalue weighted by atomic mass is 16.5. The van der Waals surface area contributed by atoms with E-state index in [4.69, 9.17) is 40.8 Å². The number of hydrogen-bond acceptors (Lipinski definition) is 22. The van der Waals surface area contributed by atoms with Crippen molar-refractivity contribution in [3.05, 3.63) is 0 Å². The molecule has 0 aromatic heterocycles. The lowest BCUT2D eigenvalue weighted by Gasteiger charge is -2.29. The molecule has 16 N–H and O–H groups in total. The van der Waals surface area contributed by atoms with Gasteiger partial charge in [-0.25, -0.2) is 0 Å². The van der Waals surface area contributed by atoms with Crippen molar-refractivity contribution in [1.29, 1.82) is 0 Å². The summed E-state index contributed by atoms with van der Waals surface area (Å²) in [5.41, 5.74) is 9.12. The van der Waals surface area contributed by atoms with E-state index < -0.39 is 28.9 Å². The van der Waals surface area contributed by atoms with Crippen LogP contribution in [-0.4, -0.2) is 223 Å². The molecule has 0 aromatic rings. The molecule has 0 aliphatic rings. The van der Waals surface area contributed by atoms with E-state index in [0.29, 0.717) is 84.1 Å². The maximum Gasteiger partial charge on any atom is 0.246 e. The third kappa shape index (κ3) is 51.7. The number of amides is 8. The predicted molar refractivity (Wildman–Crippen MR) is 332 cm³/mol. The van der Waals surface area contributed by atoms with Crippen LogP contribution in [0.3, 0.4) is 0 Å². The average molecular weight is 1260 g/mol. The zero-order valence-electron chi connectivity index (χ0n) is 53.8. The molecule has 0 heterocycles. The SMILES string of the molecule is CCCC[C@H](NCC(C)=O)C(N)=O.CCNC(=O)[C@H](CCCCNC(=O)CCCC(=O)NCCOCCOCC(=O)NCCOCCOCC(=O)NCCCC[C@H](NC)C(N)=O)CC(=O)CCCC(=O)NC(CNC(C)(C)/C=N\O)CNC(C)(C)/C=N\O. The maximum atomic E-state index is 13.0. The molecule has 8 amide bonds. The summed E-state index contributed by atoms with van der Waals surface area (Å²) in [6, 6.07) is -1.13. The van der Waals surface area contributed by atoms with Gasteiger partial charge in [0.1, 0.15) is 24.8 Å². The summed E-state index contributed by atoms with van der Waals surface area (Å²) in [5.74, 6) is -2.89. The Bertz CT molecular complexity index is 2020. The topological polar surface area (TPSA) is 445 Å². The molecular weight excluding hydrogens is 1150 g/mol. The lowest BCUT2D eigenvalue weighted by molar-refractivity contribution is -0.130. The van der Waals surface area contributed by atoms with E-state index in [1.807, 2.05) is 34.6 Å². The van der Waals surface area contributed by atoms with Crippen LogP contribution in [0, 0.1) is 5.92 Å². The highest BCUT2D eigenvalue weighted by Crippen LogP contribution is 2.16. The number of ether oxygens (including phenoxy) is 4. The van der Waals surface area contributed by atoms with Crippen LogP contribution >= 0.6 is 0 Å². The van der Waals surface area contributed by atoms with Gasteiger partial charge in [0.15, 0.2) is 0 Å². The summed E-state index contributed by atoms with van der Waals surface area (Å²) in [6.45, 7) is 16.3. The fourth-order valence-electron chi connectivity index (χ4n) is 7.97. The number of likely N-dealkylation sites (N-methyl/N-ethyl adjacent to an activating group) is 1. The molecule has 3 atom stereocenters. The largest absolute Gasteiger partial charge is 0.411 e. The lowest BCUT2D eigenvalue weighted by atomic mass is 9.93. The third-order valence-electron chi connectivity index (χ3n) is 13.0. The van der Waals surface area contributed by atoms with Crippen molar-refractivity contribution in [3.63, 3.8) is 0 Å². The third-order valence-corrected chi connectivity index (χ3v) is 13.0. The average Bonchev–Trinajstić information content (AvgIpc) is 3.53. The Balaban J connectivity index is 0. The van der Waals surface area contributed by atoms with Gasteiger partial charge in [0, 0.05) is 83.8 Å². The van der Waals surface area contributed by atoms with Gasteiger partial charge in [0.25, 0.3) is 0 Å². The first-order valence-electron chi connectivity index (χ1n) is 30.7. The Morgan fingerprint density at radius 2 is 0.989 bits per heavy atom. The number of ketones is 2. The summed E-state index contributed by atoms with van der Waals surface area (Å²) in [5, 5.41) is 53.0. The Hall–Kier alpha value is -6.28. The smallest absolute Gasteiger partial charge is 0.246 e. The number of primary amides is 2. The molecule has 0 spiro atoms. The molecule has 30 nitrogen and oxygen atoms in total. The summed E-state index contributed by atoms with van der Waals surface area (Å²) < 4.78 is 21.4. The fraction of sp³-hybridized carbons (Fsp3) is 0.793. The van der Waals surface area contributed by atoms with E-state index in [0.717, 1.165) is 19.3 Å². The number of rotatable bonds is 56. The van der Waals surface area contributed by atoms with Crippen LogP contribution in [0.1, 0.15) is 151 Å². The zero-order valence-corrected chi connectivity index (χ0v) is 53.8. The molecule has 0 aliphatic heterocycles. The number of unbranched alkanes of at least 4 members (excludes halogenated alkanes) is 3. The van der Waals surface area contributed by atoms with Gasteiger partial charge in [-0.3, -0.25) is 53.3 Å². The number of oxime groups is 2. The highest BCUT2D eigenvalue weighted by molar-refractivity contribution is 5.87. The first kappa shape index (κ1) is 83.8. The summed E-state index contributed by atoms with van der Waals surface area (Å²) in [7, 11) is 1.67. The minimum atomic E-state index is -0.657. The summed E-state index contributed by atoms with van der Waals surface area (Å²) in [6.07, 6.45) is 10.3. The molecule has 0 saturated carbocycles. The van der Waals surface area contributed by atoms with Gasteiger partial charge in [-0.1, -0.05) is 26.2 Å². The van der Waals surface area contributed by atoms with Crippen LogP contribution in [0.4, 0.5) is 0 Å². The molecular formula is C58H110N14O16. The Morgan fingerprint density at radius 3 is 1.47 bits per heavy atom. The molecule has 0 bridgehead atoms. The molecule has 0 aromatic carbocycles. The molecule has 0 fully saturated rings. The number of nitrogens with zero attached hydrogens (tertiary/aromatic N) is 2. The van der Waals surface area contributed by atoms with Gasteiger partial charge >= 0.3 is 0 Å².